The fraction of sp³-hybridized carbons (Fsp3) is 0.353. The van der Waals surface area contributed by atoms with Crippen molar-refractivity contribution < 1.29 is 9.13 Å². The molecule has 1 heterocycles. The van der Waals surface area contributed by atoms with Gasteiger partial charge in [-0.2, -0.15) is 0 Å². The summed E-state index contributed by atoms with van der Waals surface area (Å²) in [5.74, 6) is 0.549. The summed E-state index contributed by atoms with van der Waals surface area (Å²) in [6, 6.07) is 9.61. The summed E-state index contributed by atoms with van der Waals surface area (Å²) in [6.07, 6.45) is 3.82. The first-order chi connectivity index (χ1) is 10.2. The third-order valence-corrected chi connectivity index (χ3v) is 3.60. The Hall–Kier alpha value is -1.94. The van der Waals surface area contributed by atoms with Gasteiger partial charge in [0.1, 0.15) is 11.6 Å². The lowest BCUT2D eigenvalue weighted by atomic mass is 10.0. The smallest absolute Gasteiger partial charge is 0.141 e. The average molecular weight is 288 g/mol. The van der Waals surface area contributed by atoms with Crippen molar-refractivity contribution in [2.75, 3.05) is 7.11 Å². The molecule has 0 saturated carbocycles. The summed E-state index contributed by atoms with van der Waals surface area (Å²) in [5, 5.41) is 3.51. The molecule has 3 nitrogen and oxygen atoms in total. The largest absolute Gasteiger partial charge is 0.496 e. The zero-order chi connectivity index (χ0) is 15.2. The number of para-hydroxylation sites is 1. The van der Waals surface area contributed by atoms with E-state index in [0.29, 0.717) is 0 Å². The van der Waals surface area contributed by atoms with Crippen LogP contribution in [0.3, 0.4) is 0 Å². The van der Waals surface area contributed by atoms with Crippen LogP contribution in [0.25, 0.3) is 0 Å². The highest BCUT2D eigenvalue weighted by atomic mass is 19.1. The van der Waals surface area contributed by atoms with Crippen LogP contribution in [0.5, 0.6) is 5.75 Å². The second-order valence-electron chi connectivity index (χ2n) is 5.03. The molecule has 0 aliphatic heterocycles. The Bertz CT molecular complexity index is 589. The number of benzene rings is 1. The average Bonchev–Trinajstić information content (AvgIpc) is 2.52. The van der Waals surface area contributed by atoms with E-state index >= 15 is 0 Å². The lowest BCUT2D eigenvalue weighted by molar-refractivity contribution is 0.388. The van der Waals surface area contributed by atoms with Crippen molar-refractivity contribution in [2.24, 2.45) is 0 Å². The zero-order valence-corrected chi connectivity index (χ0v) is 12.6. The van der Waals surface area contributed by atoms with Gasteiger partial charge in [0, 0.05) is 23.8 Å². The van der Waals surface area contributed by atoms with Crippen molar-refractivity contribution in [3.05, 3.63) is 59.7 Å². The van der Waals surface area contributed by atoms with Gasteiger partial charge >= 0.3 is 0 Å². The van der Waals surface area contributed by atoms with Gasteiger partial charge in [-0.1, -0.05) is 25.1 Å². The van der Waals surface area contributed by atoms with Crippen LogP contribution in [0.4, 0.5) is 4.39 Å². The van der Waals surface area contributed by atoms with Crippen molar-refractivity contribution in [1.82, 2.24) is 10.3 Å². The molecule has 0 saturated heterocycles. The molecule has 112 valence electrons. The van der Waals surface area contributed by atoms with Gasteiger partial charge in [-0.05, 0) is 31.0 Å². The Kier molecular flexibility index (Phi) is 5.28. The number of hydrogen-bond donors (Lipinski definition) is 1. The number of pyridine rings is 1. The molecule has 0 spiro atoms. The number of nitrogens with one attached hydrogen (secondary N) is 1. The first-order valence-corrected chi connectivity index (χ1v) is 7.15. The highest BCUT2D eigenvalue weighted by molar-refractivity contribution is 5.36. The Labute approximate surface area is 125 Å². The number of rotatable bonds is 6. The van der Waals surface area contributed by atoms with Crippen molar-refractivity contribution >= 4 is 0 Å². The molecule has 2 atom stereocenters. The van der Waals surface area contributed by atoms with E-state index in [1.54, 1.807) is 13.3 Å². The van der Waals surface area contributed by atoms with Gasteiger partial charge in [0.2, 0.25) is 0 Å². The highest BCUT2D eigenvalue weighted by Gasteiger charge is 2.17. The maximum atomic E-state index is 13.3. The number of methoxy groups -OCH3 is 1. The SMILES string of the molecule is CCC(NC(C)c1cncc(F)c1)c1ccccc1OC. The lowest BCUT2D eigenvalue weighted by Crippen LogP contribution is -2.24. The fourth-order valence-electron chi connectivity index (χ4n) is 2.44. The third kappa shape index (κ3) is 3.79. The van der Waals surface area contributed by atoms with Crippen LogP contribution < -0.4 is 10.1 Å². The molecule has 2 aromatic rings. The summed E-state index contributed by atoms with van der Waals surface area (Å²) in [4.78, 5) is 3.91. The Morgan fingerprint density at radius 3 is 2.71 bits per heavy atom. The van der Waals surface area contributed by atoms with E-state index in [4.69, 9.17) is 4.74 Å². The second-order valence-corrected chi connectivity index (χ2v) is 5.03. The Morgan fingerprint density at radius 2 is 2.05 bits per heavy atom. The van der Waals surface area contributed by atoms with E-state index in [2.05, 4.69) is 23.3 Å². The molecule has 0 aliphatic rings. The molecule has 2 rings (SSSR count). The molecule has 1 aromatic heterocycles. The number of hydrogen-bond acceptors (Lipinski definition) is 3. The summed E-state index contributed by atoms with van der Waals surface area (Å²) < 4.78 is 18.7. The summed E-state index contributed by atoms with van der Waals surface area (Å²) in [6.45, 7) is 4.12. The molecular weight excluding hydrogens is 267 g/mol. The van der Waals surface area contributed by atoms with Gasteiger partial charge < -0.3 is 10.1 Å². The number of aromatic nitrogens is 1. The second kappa shape index (κ2) is 7.18. The van der Waals surface area contributed by atoms with E-state index in [0.717, 1.165) is 23.3 Å². The molecule has 0 bridgehead atoms. The minimum Gasteiger partial charge on any atom is -0.496 e. The predicted octanol–water partition coefficient (Wildman–Crippen LogP) is 4.03. The zero-order valence-electron chi connectivity index (χ0n) is 12.6. The number of halogens is 1. The lowest BCUT2D eigenvalue weighted by Gasteiger charge is -2.24. The summed E-state index contributed by atoms with van der Waals surface area (Å²) in [5.41, 5.74) is 1.95. The van der Waals surface area contributed by atoms with Crippen molar-refractivity contribution in [1.29, 1.82) is 0 Å². The van der Waals surface area contributed by atoms with Crippen LogP contribution in [-0.2, 0) is 0 Å². The Morgan fingerprint density at radius 1 is 1.29 bits per heavy atom. The number of nitrogens with zero attached hydrogens (tertiary/aromatic N) is 1. The maximum absolute atomic E-state index is 13.3. The molecule has 4 heteroatoms. The van der Waals surface area contributed by atoms with Gasteiger partial charge in [0.25, 0.3) is 0 Å². The molecule has 1 N–H and O–H groups in total. The van der Waals surface area contributed by atoms with Gasteiger partial charge in [0.15, 0.2) is 0 Å². The van der Waals surface area contributed by atoms with Crippen molar-refractivity contribution in [3.63, 3.8) is 0 Å². The Balaban J connectivity index is 2.19. The fourth-order valence-corrected chi connectivity index (χ4v) is 2.44. The molecule has 21 heavy (non-hydrogen) atoms. The van der Waals surface area contributed by atoms with Crippen LogP contribution in [0.2, 0.25) is 0 Å². The molecule has 1 aromatic carbocycles. The van der Waals surface area contributed by atoms with Crippen molar-refractivity contribution in [3.8, 4) is 5.75 Å². The highest BCUT2D eigenvalue weighted by Crippen LogP contribution is 2.29. The van der Waals surface area contributed by atoms with Gasteiger partial charge in [0.05, 0.1) is 13.3 Å². The third-order valence-electron chi connectivity index (χ3n) is 3.60. The standard InChI is InChI=1S/C17H21FN2O/c1-4-16(15-7-5-6-8-17(15)21-3)20-12(2)13-9-14(18)11-19-10-13/h5-12,16,20H,4H2,1-3H3. The normalized spacial score (nSPS) is 13.7. The monoisotopic (exact) mass is 288 g/mol. The first-order valence-electron chi connectivity index (χ1n) is 7.15. The maximum Gasteiger partial charge on any atom is 0.141 e. The van der Waals surface area contributed by atoms with E-state index in [9.17, 15) is 4.39 Å². The molecule has 0 amide bonds. The van der Waals surface area contributed by atoms with Crippen LogP contribution in [0, 0.1) is 5.82 Å². The topological polar surface area (TPSA) is 34.2 Å². The minimum atomic E-state index is -0.313. The molecule has 0 fully saturated rings. The summed E-state index contributed by atoms with van der Waals surface area (Å²) in [7, 11) is 1.67. The molecular formula is C17H21FN2O. The van der Waals surface area contributed by atoms with Crippen LogP contribution in [0.1, 0.15) is 43.5 Å². The quantitative estimate of drug-likeness (QED) is 0.871. The number of ether oxygens (including phenoxy) is 1. The molecule has 0 radical (unpaired) electrons. The van der Waals surface area contributed by atoms with E-state index < -0.39 is 0 Å². The molecule has 0 aliphatic carbocycles. The van der Waals surface area contributed by atoms with Crippen LogP contribution in [-0.4, -0.2) is 12.1 Å². The first kappa shape index (κ1) is 15.4. The minimum absolute atomic E-state index is 0.00284. The molecule has 2 unspecified atom stereocenters. The summed E-state index contributed by atoms with van der Waals surface area (Å²) >= 11 is 0. The van der Waals surface area contributed by atoms with Crippen molar-refractivity contribution in [2.45, 2.75) is 32.4 Å². The van der Waals surface area contributed by atoms with Gasteiger partial charge in [-0.3, -0.25) is 4.98 Å². The van der Waals surface area contributed by atoms with E-state index in [1.807, 2.05) is 25.1 Å². The van der Waals surface area contributed by atoms with E-state index in [-0.39, 0.29) is 17.9 Å². The van der Waals surface area contributed by atoms with Gasteiger partial charge in [-0.25, -0.2) is 4.39 Å². The van der Waals surface area contributed by atoms with Crippen LogP contribution in [0.15, 0.2) is 42.7 Å². The van der Waals surface area contributed by atoms with Crippen LogP contribution >= 0.6 is 0 Å². The predicted molar refractivity (Wildman–Crippen MR) is 81.8 cm³/mol. The van der Waals surface area contributed by atoms with E-state index in [1.165, 1.54) is 12.3 Å². The van der Waals surface area contributed by atoms with Gasteiger partial charge in [-0.15, -0.1) is 0 Å².